The van der Waals surface area contributed by atoms with Gasteiger partial charge in [-0.25, -0.2) is 14.8 Å². The zero-order chi connectivity index (χ0) is 16.6. The number of fused-ring (bicyclic) bond motifs is 1. The Kier molecular flexibility index (Phi) is 3.37. The number of rotatable bonds is 3. The van der Waals surface area contributed by atoms with Crippen LogP contribution in [0.5, 0.6) is 0 Å². The molecular formula is C14H13N7O2. The quantitative estimate of drug-likeness (QED) is 0.646. The molecule has 0 saturated carbocycles. The standard InChI is InChI=1S/C14H13N7O2/c1-21(8-4-2-7(3-5-8)13(22)23)9-6-17-12-10(18-9)11(15)19-14(16)20-12/h2-6H,1H3,(H,22,23)(H4,15,16,17,19,20). The molecule has 9 heteroatoms. The zero-order valence-corrected chi connectivity index (χ0v) is 12.1. The number of carboxylic acid groups (broad SMARTS) is 1. The molecule has 0 aliphatic rings. The first-order valence-electron chi connectivity index (χ1n) is 6.58. The van der Waals surface area contributed by atoms with Crippen LogP contribution in [-0.4, -0.2) is 38.1 Å². The molecule has 0 spiro atoms. The Morgan fingerprint density at radius 1 is 1.13 bits per heavy atom. The molecule has 3 rings (SSSR count). The summed E-state index contributed by atoms with van der Waals surface area (Å²) in [5.41, 5.74) is 12.9. The molecule has 23 heavy (non-hydrogen) atoms. The largest absolute Gasteiger partial charge is 0.478 e. The lowest BCUT2D eigenvalue weighted by Crippen LogP contribution is -2.13. The highest BCUT2D eigenvalue weighted by molar-refractivity contribution is 5.88. The van der Waals surface area contributed by atoms with E-state index in [0.29, 0.717) is 17.0 Å². The predicted molar refractivity (Wildman–Crippen MR) is 85.4 cm³/mol. The van der Waals surface area contributed by atoms with Gasteiger partial charge in [-0.2, -0.15) is 9.97 Å². The monoisotopic (exact) mass is 311 g/mol. The van der Waals surface area contributed by atoms with E-state index in [1.807, 2.05) is 0 Å². The van der Waals surface area contributed by atoms with Gasteiger partial charge in [-0.15, -0.1) is 0 Å². The van der Waals surface area contributed by atoms with Crippen LogP contribution in [0.3, 0.4) is 0 Å². The molecule has 0 fully saturated rings. The van der Waals surface area contributed by atoms with Crippen LogP contribution in [0.15, 0.2) is 30.5 Å². The lowest BCUT2D eigenvalue weighted by Gasteiger charge is -2.18. The highest BCUT2D eigenvalue weighted by Crippen LogP contribution is 2.24. The van der Waals surface area contributed by atoms with Crippen molar-refractivity contribution in [2.45, 2.75) is 0 Å². The molecule has 2 aromatic heterocycles. The first-order chi connectivity index (χ1) is 11.0. The first-order valence-corrected chi connectivity index (χ1v) is 6.58. The Morgan fingerprint density at radius 2 is 1.83 bits per heavy atom. The lowest BCUT2D eigenvalue weighted by atomic mass is 10.2. The molecule has 0 radical (unpaired) electrons. The SMILES string of the molecule is CN(c1ccc(C(=O)O)cc1)c1cnc2nc(N)nc(N)c2n1. The average Bonchev–Trinajstić information content (AvgIpc) is 2.54. The predicted octanol–water partition coefficient (Wildman–Crippen LogP) is 1.05. The summed E-state index contributed by atoms with van der Waals surface area (Å²) in [4.78, 5) is 29.0. The summed E-state index contributed by atoms with van der Waals surface area (Å²) in [7, 11) is 1.78. The van der Waals surface area contributed by atoms with Gasteiger partial charge in [0.05, 0.1) is 11.8 Å². The molecule has 3 aromatic rings. The van der Waals surface area contributed by atoms with E-state index in [0.717, 1.165) is 5.69 Å². The molecule has 5 N–H and O–H groups in total. The van der Waals surface area contributed by atoms with E-state index in [1.165, 1.54) is 18.3 Å². The molecule has 0 aliphatic carbocycles. The van der Waals surface area contributed by atoms with E-state index in [4.69, 9.17) is 16.6 Å². The van der Waals surface area contributed by atoms with Crippen LogP contribution in [0.2, 0.25) is 0 Å². The number of aromatic nitrogens is 4. The minimum Gasteiger partial charge on any atom is -0.478 e. The van der Waals surface area contributed by atoms with E-state index in [2.05, 4.69) is 19.9 Å². The van der Waals surface area contributed by atoms with Crippen LogP contribution in [0.4, 0.5) is 23.3 Å². The molecule has 2 heterocycles. The summed E-state index contributed by atoms with van der Waals surface area (Å²) >= 11 is 0. The minimum absolute atomic E-state index is 0.0367. The molecule has 116 valence electrons. The van der Waals surface area contributed by atoms with Crippen molar-refractivity contribution in [3.8, 4) is 0 Å². The Labute approximate surface area is 130 Å². The third-order valence-electron chi connectivity index (χ3n) is 3.28. The minimum atomic E-state index is -0.979. The summed E-state index contributed by atoms with van der Waals surface area (Å²) in [5, 5.41) is 8.93. The van der Waals surface area contributed by atoms with E-state index in [-0.39, 0.29) is 17.3 Å². The topological polar surface area (TPSA) is 144 Å². The Morgan fingerprint density at radius 3 is 2.48 bits per heavy atom. The van der Waals surface area contributed by atoms with Crippen molar-refractivity contribution in [3.63, 3.8) is 0 Å². The maximum absolute atomic E-state index is 10.9. The number of nitrogens with zero attached hydrogens (tertiary/aromatic N) is 5. The van der Waals surface area contributed by atoms with Gasteiger partial charge in [0.15, 0.2) is 22.8 Å². The highest BCUT2D eigenvalue weighted by atomic mass is 16.4. The average molecular weight is 311 g/mol. The van der Waals surface area contributed by atoms with E-state index in [1.54, 1.807) is 24.1 Å². The number of nitrogen functional groups attached to an aromatic ring is 2. The summed E-state index contributed by atoms with van der Waals surface area (Å²) in [6.45, 7) is 0. The van der Waals surface area contributed by atoms with Gasteiger partial charge in [0, 0.05) is 12.7 Å². The van der Waals surface area contributed by atoms with Crippen LogP contribution >= 0.6 is 0 Å². The fourth-order valence-electron chi connectivity index (χ4n) is 2.06. The van der Waals surface area contributed by atoms with Crippen molar-refractivity contribution in [1.82, 2.24) is 19.9 Å². The van der Waals surface area contributed by atoms with Crippen molar-refractivity contribution in [3.05, 3.63) is 36.0 Å². The van der Waals surface area contributed by atoms with Gasteiger partial charge in [0.2, 0.25) is 5.95 Å². The van der Waals surface area contributed by atoms with Crippen LogP contribution < -0.4 is 16.4 Å². The van der Waals surface area contributed by atoms with Crippen LogP contribution in [-0.2, 0) is 0 Å². The van der Waals surface area contributed by atoms with Crippen LogP contribution in [0.1, 0.15) is 10.4 Å². The third kappa shape index (κ3) is 2.67. The van der Waals surface area contributed by atoms with E-state index in [9.17, 15) is 4.79 Å². The maximum Gasteiger partial charge on any atom is 0.335 e. The molecule has 0 aliphatic heterocycles. The van der Waals surface area contributed by atoms with E-state index >= 15 is 0 Å². The number of benzene rings is 1. The van der Waals surface area contributed by atoms with Gasteiger partial charge in [-0.1, -0.05) is 0 Å². The van der Waals surface area contributed by atoms with Gasteiger partial charge in [0.1, 0.15) is 0 Å². The normalized spacial score (nSPS) is 10.7. The van der Waals surface area contributed by atoms with Crippen LogP contribution in [0, 0.1) is 0 Å². The second-order valence-corrected chi connectivity index (χ2v) is 4.78. The fourth-order valence-corrected chi connectivity index (χ4v) is 2.06. The molecule has 0 saturated heterocycles. The molecule has 0 unspecified atom stereocenters. The van der Waals surface area contributed by atoms with Crippen molar-refractivity contribution in [2.24, 2.45) is 0 Å². The Bertz CT molecular complexity index is 896. The van der Waals surface area contributed by atoms with Gasteiger partial charge in [-0.05, 0) is 24.3 Å². The summed E-state index contributed by atoms with van der Waals surface area (Å²) in [6.07, 6.45) is 1.53. The molecule has 0 amide bonds. The van der Waals surface area contributed by atoms with E-state index < -0.39 is 5.97 Å². The Hall–Kier alpha value is -3.49. The number of hydrogen-bond acceptors (Lipinski definition) is 8. The maximum atomic E-state index is 10.9. The number of nitrogens with two attached hydrogens (primary N) is 2. The molecule has 1 aromatic carbocycles. The van der Waals surface area contributed by atoms with Crippen molar-refractivity contribution >= 4 is 40.4 Å². The fraction of sp³-hybridized carbons (Fsp3) is 0.0714. The van der Waals surface area contributed by atoms with Gasteiger partial charge in [-0.3, -0.25) is 0 Å². The number of hydrogen-bond donors (Lipinski definition) is 3. The number of carbonyl (C=O) groups is 1. The summed E-state index contributed by atoms with van der Waals surface area (Å²) in [5.74, 6) is -0.279. The highest BCUT2D eigenvalue weighted by Gasteiger charge is 2.12. The summed E-state index contributed by atoms with van der Waals surface area (Å²) < 4.78 is 0. The van der Waals surface area contributed by atoms with Crippen molar-refractivity contribution in [1.29, 1.82) is 0 Å². The van der Waals surface area contributed by atoms with Crippen molar-refractivity contribution in [2.75, 3.05) is 23.4 Å². The number of carboxylic acids is 1. The second-order valence-electron chi connectivity index (χ2n) is 4.78. The summed E-state index contributed by atoms with van der Waals surface area (Å²) in [6, 6.07) is 6.39. The molecule has 0 bridgehead atoms. The van der Waals surface area contributed by atoms with Gasteiger partial charge >= 0.3 is 5.97 Å². The molecular weight excluding hydrogens is 298 g/mol. The number of aromatic carboxylic acids is 1. The number of anilines is 4. The third-order valence-corrected chi connectivity index (χ3v) is 3.28. The Balaban J connectivity index is 2.00. The second kappa shape index (κ2) is 5.37. The van der Waals surface area contributed by atoms with Gasteiger partial charge in [0.25, 0.3) is 0 Å². The van der Waals surface area contributed by atoms with Crippen molar-refractivity contribution < 1.29 is 9.90 Å². The zero-order valence-electron chi connectivity index (χ0n) is 12.1. The van der Waals surface area contributed by atoms with Crippen LogP contribution in [0.25, 0.3) is 11.2 Å². The molecule has 9 nitrogen and oxygen atoms in total. The molecule has 0 atom stereocenters. The van der Waals surface area contributed by atoms with Gasteiger partial charge < -0.3 is 21.5 Å². The smallest absolute Gasteiger partial charge is 0.335 e. The lowest BCUT2D eigenvalue weighted by molar-refractivity contribution is 0.0697. The first kappa shape index (κ1) is 14.4.